The smallest absolute Gasteiger partial charge is 0.163 e. The van der Waals surface area contributed by atoms with Crippen molar-refractivity contribution in [1.29, 1.82) is 0 Å². The molecule has 0 atom stereocenters. The van der Waals surface area contributed by atoms with Crippen LogP contribution in [0.4, 0.5) is 0 Å². The quantitative estimate of drug-likeness (QED) is 0.173. The first-order valence-electron chi connectivity index (χ1n) is 14.2. The summed E-state index contributed by atoms with van der Waals surface area (Å²) < 4.78 is 0. The lowest BCUT2D eigenvalue weighted by molar-refractivity contribution is 0.0968. The summed E-state index contributed by atoms with van der Waals surface area (Å²) in [5, 5.41) is 2.18. The number of carbonyl (C=O) groups is 2. The van der Waals surface area contributed by atoms with Crippen LogP contribution in [0.2, 0.25) is 0 Å². The Morgan fingerprint density at radius 2 is 1.32 bits per heavy atom. The van der Waals surface area contributed by atoms with Crippen LogP contribution in [-0.4, -0.2) is 60.6 Å². The third-order valence-electron chi connectivity index (χ3n) is 8.30. The highest BCUT2D eigenvalue weighted by Crippen LogP contribution is 2.48. The van der Waals surface area contributed by atoms with Crippen LogP contribution in [0.15, 0.2) is 72.8 Å². The van der Waals surface area contributed by atoms with Crippen molar-refractivity contribution in [1.82, 2.24) is 9.80 Å². The minimum atomic E-state index is 0.212. The fraction of sp³-hybridized carbons (Fsp3) is 0.353. The number of ketones is 2. The lowest BCUT2D eigenvalue weighted by Gasteiger charge is -2.22. The molecule has 0 spiro atoms. The summed E-state index contributed by atoms with van der Waals surface area (Å²) in [6.07, 6.45) is 14.0. The van der Waals surface area contributed by atoms with Gasteiger partial charge in [0.05, 0.1) is 0 Å². The van der Waals surface area contributed by atoms with Gasteiger partial charge in [0.15, 0.2) is 11.6 Å². The van der Waals surface area contributed by atoms with E-state index >= 15 is 0 Å². The van der Waals surface area contributed by atoms with Crippen LogP contribution in [-0.2, 0) is 0 Å². The first-order valence-corrected chi connectivity index (χ1v) is 14.2. The summed E-state index contributed by atoms with van der Waals surface area (Å²) in [7, 11) is 0. The molecular formula is C34H36N2O2. The lowest BCUT2D eigenvalue weighted by atomic mass is 9.94. The van der Waals surface area contributed by atoms with Crippen molar-refractivity contribution in [2.75, 3.05) is 39.3 Å². The topological polar surface area (TPSA) is 40.6 Å². The molecule has 0 bridgehead atoms. The predicted octanol–water partition coefficient (Wildman–Crippen LogP) is 6.94. The van der Waals surface area contributed by atoms with Gasteiger partial charge in [0, 0.05) is 50.1 Å². The van der Waals surface area contributed by atoms with Gasteiger partial charge in [-0.2, -0.15) is 0 Å². The maximum atomic E-state index is 13.3. The second-order valence-electron chi connectivity index (χ2n) is 10.8. The van der Waals surface area contributed by atoms with Gasteiger partial charge in [-0.05, 0) is 77.9 Å². The van der Waals surface area contributed by atoms with Gasteiger partial charge < -0.3 is 0 Å². The van der Waals surface area contributed by atoms with Crippen LogP contribution >= 0.6 is 0 Å². The second-order valence-corrected chi connectivity index (χ2v) is 10.8. The minimum absolute atomic E-state index is 0.212. The Kier molecular flexibility index (Phi) is 7.35. The lowest BCUT2D eigenvalue weighted by Crippen LogP contribution is -2.28. The molecular weight excluding hydrogens is 468 g/mol. The molecule has 2 aliphatic heterocycles. The minimum Gasteiger partial charge on any atom is -0.299 e. The van der Waals surface area contributed by atoms with E-state index < -0.39 is 0 Å². The van der Waals surface area contributed by atoms with Gasteiger partial charge in [-0.1, -0.05) is 66.8 Å². The summed E-state index contributed by atoms with van der Waals surface area (Å²) in [6, 6.07) is 16.5. The van der Waals surface area contributed by atoms with E-state index in [1.165, 1.54) is 5.56 Å². The fourth-order valence-corrected chi connectivity index (χ4v) is 6.27. The van der Waals surface area contributed by atoms with Crippen molar-refractivity contribution >= 4 is 22.3 Å². The molecule has 0 amide bonds. The second kappa shape index (κ2) is 11.2. The Bertz CT molecular complexity index is 1430. The Labute approximate surface area is 225 Å². The molecule has 0 N–H and O–H groups in total. The van der Waals surface area contributed by atoms with Crippen molar-refractivity contribution in [2.45, 2.75) is 38.5 Å². The number of fused-ring (bicyclic) bond motifs is 3. The normalized spacial score (nSPS) is 16.7. The van der Waals surface area contributed by atoms with E-state index in [0.29, 0.717) is 12.8 Å². The van der Waals surface area contributed by atoms with Crippen LogP contribution in [0.3, 0.4) is 0 Å². The number of hydrogen-bond donors (Lipinski definition) is 0. The van der Waals surface area contributed by atoms with Crippen molar-refractivity contribution in [2.24, 2.45) is 0 Å². The average Bonchev–Trinajstić information content (AvgIpc) is 3.29. The van der Waals surface area contributed by atoms with Gasteiger partial charge >= 0.3 is 0 Å². The van der Waals surface area contributed by atoms with E-state index in [0.717, 1.165) is 104 Å². The molecule has 3 aromatic carbocycles. The summed E-state index contributed by atoms with van der Waals surface area (Å²) in [6.45, 7) is 6.10. The summed E-state index contributed by atoms with van der Waals surface area (Å²) in [5.74, 6) is 0.431. The van der Waals surface area contributed by atoms with Crippen LogP contribution in [0.5, 0.6) is 0 Å². The third kappa shape index (κ3) is 5.03. The highest BCUT2D eigenvalue weighted by molar-refractivity contribution is 6.21. The van der Waals surface area contributed by atoms with Crippen LogP contribution < -0.4 is 0 Å². The van der Waals surface area contributed by atoms with Gasteiger partial charge in [0.25, 0.3) is 0 Å². The van der Waals surface area contributed by atoms with Crippen molar-refractivity contribution in [3.8, 4) is 22.3 Å². The van der Waals surface area contributed by atoms with E-state index in [1.54, 1.807) is 0 Å². The average molecular weight is 505 g/mol. The zero-order valence-electron chi connectivity index (χ0n) is 22.1. The largest absolute Gasteiger partial charge is 0.299 e. The number of hydrogen-bond acceptors (Lipinski definition) is 4. The molecule has 6 rings (SSSR count). The number of Topliss-reactive ketones (excluding diaryl/α,β-unsaturated/α-hetero) is 2. The molecule has 0 saturated heterocycles. The molecule has 0 aromatic heterocycles. The molecule has 3 aliphatic rings. The SMILES string of the molecule is O=C(CCCN1CC=CCC1)c1ccc2c(c1)-c1ccc(C(=O)CCCN3CC=CCC3)c3cccc-2c13. The summed E-state index contributed by atoms with van der Waals surface area (Å²) >= 11 is 0. The number of nitrogens with zero attached hydrogens (tertiary/aromatic N) is 2. The Hall–Kier alpha value is -3.34. The highest BCUT2D eigenvalue weighted by Gasteiger charge is 2.25. The molecule has 0 saturated carbocycles. The molecule has 0 unspecified atom stereocenters. The van der Waals surface area contributed by atoms with Gasteiger partial charge in [0.1, 0.15) is 0 Å². The Morgan fingerprint density at radius 3 is 2.00 bits per heavy atom. The van der Waals surface area contributed by atoms with E-state index in [2.05, 4.69) is 70.5 Å². The first kappa shape index (κ1) is 25.0. The number of rotatable bonds is 10. The molecule has 38 heavy (non-hydrogen) atoms. The molecule has 1 aliphatic carbocycles. The molecule has 3 aromatic rings. The third-order valence-corrected chi connectivity index (χ3v) is 8.30. The van der Waals surface area contributed by atoms with Crippen molar-refractivity contribution in [3.63, 3.8) is 0 Å². The molecule has 0 fully saturated rings. The van der Waals surface area contributed by atoms with Gasteiger partial charge in [-0.25, -0.2) is 0 Å². The fourth-order valence-electron chi connectivity index (χ4n) is 6.27. The van der Waals surface area contributed by atoms with Gasteiger partial charge in [0.2, 0.25) is 0 Å². The van der Waals surface area contributed by atoms with Crippen LogP contribution in [0, 0.1) is 0 Å². The molecule has 2 heterocycles. The Morgan fingerprint density at radius 1 is 0.658 bits per heavy atom. The number of benzene rings is 3. The summed E-state index contributed by atoms with van der Waals surface area (Å²) in [5.41, 5.74) is 6.18. The Balaban J connectivity index is 1.18. The van der Waals surface area contributed by atoms with E-state index in [-0.39, 0.29) is 11.6 Å². The zero-order chi connectivity index (χ0) is 25.9. The molecule has 194 valence electrons. The van der Waals surface area contributed by atoms with E-state index in [1.807, 2.05) is 12.1 Å². The predicted molar refractivity (Wildman–Crippen MR) is 156 cm³/mol. The maximum Gasteiger partial charge on any atom is 0.163 e. The van der Waals surface area contributed by atoms with Crippen LogP contribution in [0.1, 0.15) is 59.2 Å². The standard InChI is InChI=1S/C34H36N2O2/c37-32(12-8-22-35-18-3-1-4-19-35)25-14-15-26-28-10-7-11-29-27(16-17-30(34(28)29)31(26)24-25)33(38)13-9-23-36-20-5-2-6-21-36/h1-3,5,7,10-11,14-17,24H,4,6,8-9,12-13,18-23H2. The molecule has 4 nitrogen and oxygen atoms in total. The monoisotopic (exact) mass is 504 g/mol. The number of carbonyl (C=O) groups excluding carboxylic acids is 2. The van der Waals surface area contributed by atoms with Crippen LogP contribution in [0.25, 0.3) is 33.0 Å². The van der Waals surface area contributed by atoms with Gasteiger partial charge in [-0.15, -0.1) is 0 Å². The van der Waals surface area contributed by atoms with Crippen molar-refractivity contribution < 1.29 is 9.59 Å². The molecule has 0 radical (unpaired) electrons. The van der Waals surface area contributed by atoms with Crippen molar-refractivity contribution in [3.05, 3.63) is 84.0 Å². The van der Waals surface area contributed by atoms with Gasteiger partial charge in [-0.3, -0.25) is 19.4 Å². The van der Waals surface area contributed by atoms with E-state index in [9.17, 15) is 9.59 Å². The highest BCUT2D eigenvalue weighted by atomic mass is 16.1. The van der Waals surface area contributed by atoms with E-state index in [4.69, 9.17) is 0 Å². The zero-order valence-corrected chi connectivity index (χ0v) is 22.1. The maximum absolute atomic E-state index is 13.3. The molecule has 4 heteroatoms. The summed E-state index contributed by atoms with van der Waals surface area (Å²) in [4.78, 5) is 31.2. The first-order chi connectivity index (χ1) is 18.7.